The van der Waals surface area contributed by atoms with Crippen LogP contribution in [0.1, 0.15) is 132 Å². The number of aliphatic hydroxyl groups is 4. The van der Waals surface area contributed by atoms with Crippen LogP contribution in [0.3, 0.4) is 0 Å². The average Bonchev–Trinajstić information content (AvgIpc) is 3.50. The number of allylic oxidation sites excluding steroid dienone is 4. The number of Topliss-reactive ketones (excluding diaryl/α,β-unsaturated/α-hetero) is 2. The number of fused-ring (bicyclic) bond motifs is 2. The molecule has 8 aliphatic rings. The molecule has 7 unspecified atom stereocenters. The Bertz CT molecular complexity index is 2650. The maximum atomic E-state index is 16.6. The van der Waals surface area contributed by atoms with Crippen LogP contribution in [0.2, 0.25) is 0 Å². The van der Waals surface area contributed by atoms with E-state index in [0.717, 1.165) is 30.4 Å². The lowest BCUT2D eigenvalue weighted by molar-refractivity contribution is -0.277. The van der Waals surface area contributed by atoms with Crippen molar-refractivity contribution in [2.45, 2.75) is 166 Å². The maximum Gasteiger partial charge on any atom is 0.343 e. The number of benzene rings is 2. The summed E-state index contributed by atoms with van der Waals surface area (Å²) in [6, 6.07) is 5.19. The molecule has 4 bridgehead atoms. The van der Waals surface area contributed by atoms with E-state index in [0.29, 0.717) is 49.2 Å². The highest BCUT2D eigenvalue weighted by Gasteiger charge is 2.86. The van der Waals surface area contributed by atoms with Gasteiger partial charge in [-0.05, 0) is 143 Å². The van der Waals surface area contributed by atoms with Gasteiger partial charge in [-0.2, -0.15) is 0 Å². The highest BCUT2D eigenvalue weighted by Crippen LogP contribution is 2.71. The largest absolute Gasteiger partial charge is 0.482 e. The van der Waals surface area contributed by atoms with Crippen LogP contribution in [0.15, 0.2) is 65.3 Å². The van der Waals surface area contributed by atoms with Crippen LogP contribution < -0.4 is 18.9 Å². The molecule has 4 N–H and O–H groups in total. The summed E-state index contributed by atoms with van der Waals surface area (Å²) in [5, 5.41) is 40.9. The van der Waals surface area contributed by atoms with E-state index in [9.17, 15) is 30.0 Å². The van der Waals surface area contributed by atoms with Crippen molar-refractivity contribution in [1.29, 1.82) is 0 Å². The van der Waals surface area contributed by atoms with Crippen molar-refractivity contribution in [3.8, 4) is 23.0 Å². The summed E-state index contributed by atoms with van der Waals surface area (Å²) in [6.45, 7) is 16.3. The number of piperidine rings is 1. The number of hydrogen-bond acceptors (Lipinski definition) is 16. The first kappa shape index (κ1) is 52.7. The minimum absolute atomic E-state index is 0.0479. The van der Waals surface area contributed by atoms with Gasteiger partial charge in [0.25, 0.3) is 0 Å². The second-order valence-corrected chi connectivity index (χ2v) is 22.2. The number of carbonyl (C=O) groups is 4. The van der Waals surface area contributed by atoms with E-state index in [1.807, 2.05) is 66.7 Å². The van der Waals surface area contributed by atoms with Crippen molar-refractivity contribution < 1.29 is 72.8 Å². The Morgan fingerprint density at radius 1 is 0.877 bits per heavy atom. The Kier molecular flexibility index (Phi) is 14.3. The summed E-state index contributed by atoms with van der Waals surface area (Å²) >= 11 is 0. The molecule has 5 heterocycles. The zero-order chi connectivity index (χ0) is 52.5. The van der Waals surface area contributed by atoms with Crippen molar-refractivity contribution in [3.63, 3.8) is 0 Å². The molecule has 10 rings (SSSR count). The molecule has 0 aromatic heterocycles. The predicted octanol–water partition coefficient (Wildman–Crippen LogP) is 6.56. The molecule has 3 saturated heterocycles. The summed E-state index contributed by atoms with van der Waals surface area (Å²) in [6.07, 6.45) is 6.85. The van der Waals surface area contributed by atoms with E-state index in [1.54, 1.807) is 13.0 Å². The molecule has 0 radical (unpaired) electrons. The van der Waals surface area contributed by atoms with Crippen LogP contribution in [-0.2, 0) is 30.2 Å². The van der Waals surface area contributed by atoms with Crippen molar-refractivity contribution in [2.24, 2.45) is 17.8 Å². The third-order valence-corrected chi connectivity index (χ3v) is 16.4. The molecule has 6 fully saturated rings. The number of carbonyl (C=O) groups excluding carboxylic acids is 4. The molecule has 3 saturated carbocycles. The lowest BCUT2D eigenvalue weighted by Gasteiger charge is -2.64. The summed E-state index contributed by atoms with van der Waals surface area (Å²) < 4.78 is 45.1. The maximum absolute atomic E-state index is 16.6. The summed E-state index contributed by atoms with van der Waals surface area (Å²) in [4.78, 5) is 62.3. The van der Waals surface area contributed by atoms with Gasteiger partial charge in [0, 0.05) is 35.4 Å². The lowest BCUT2D eigenvalue weighted by atomic mass is 9.44. The van der Waals surface area contributed by atoms with Gasteiger partial charge in [-0.3, -0.25) is 14.5 Å². The molecule has 394 valence electrons. The van der Waals surface area contributed by atoms with E-state index < -0.39 is 95.5 Å². The number of hydrogen-bond donors (Lipinski definition) is 4. The highest BCUT2D eigenvalue weighted by atomic mass is 16.7. The second-order valence-electron chi connectivity index (χ2n) is 22.2. The van der Waals surface area contributed by atoms with Gasteiger partial charge in [-0.15, -0.1) is 0 Å². The molecule has 3 aliphatic carbocycles. The number of likely N-dealkylation sites (tertiary alicyclic amines) is 1. The quantitative estimate of drug-likeness (QED) is 0.0682. The van der Waals surface area contributed by atoms with E-state index in [-0.39, 0.29) is 58.4 Å². The second kappa shape index (κ2) is 19.8. The van der Waals surface area contributed by atoms with Crippen LogP contribution >= 0.6 is 0 Å². The zero-order valence-electron chi connectivity index (χ0n) is 43.4. The molecule has 73 heavy (non-hydrogen) atoms. The summed E-state index contributed by atoms with van der Waals surface area (Å²) in [5.74, 6) is -3.31. The lowest BCUT2D eigenvalue weighted by Crippen LogP contribution is -2.82. The van der Waals surface area contributed by atoms with Gasteiger partial charge in [-0.25, -0.2) is 9.59 Å². The van der Waals surface area contributed by atoms with Gasteiger partial charge >= 0.3 is 11.9 Å². The van der Waals surface area contributed by atoms with Crippen LogP contribution in [0.25, 0.3) is 6.08 Å². The Morgan fingerprint density at radius 2 is 1.58 bits per heavy atom. The Hall–Kier alpha value is -5.20. The number of aliphatic hydroxyl groups excluding tert-OH is 4. The number of esters is 2. The molecule has 16 nitrogen and oxygen atoms in total. The standard InChI is InChI=1S/C57H71NO15/c1-30(2)14-13-23-55(8)24-22-36-47(71-55)35(20-15-31(3)4)49-40(48(36)70-52(66)33-16-18-34(19-17-33)68-53-46(63)45(62)43(60)38(29-59)69-53)44(61)41-42(58-26-11-10-12-27-58)37-28-39-54(6,7)73-56(50(37)64,57(39,41)72-49)25-21-32(5)51(65)67-9/h14-19,21-22,24,37-39,41-43,45-46,53,59-60,62-63H,10-13,20,23,25-29H2,1-9H3/b32-21-/t37?,38-,39?,41?,42?,43-,45+,46-,53-,55?,56?,57?/m1/s1. The van der Waals surface area contributed by atoms with Crippen LogP contribution in [0.4, 0.5) is 0 Å². The number of ketones is 2. The SMILES string of the molecule is COC(=O)/C(C)=C\CC12OC(C)(C)C3CC(C1=O)C(N1CCCCC1)C1C(=O)c4c(OC(=O)c5ccc(O[C@@H]6O[C@H](CO)[C@@H](O)[C@H](O)[C@H]6O)cc5)c5c(c(CC=C(C)C)c4OC132)OC(C)(CCC=C(C)C)C=C5. The van der Waals surface area contributed by atoms with E-state index in [4.69, 9.17) is 33.2 Å². The Morgan fingerprint density at radius 3 is 2.23 bits per heavy atom. The normalized spacial score (nSPS) is 33.9. The zero-order valence-corrected chi connectivity index (χ0v) is 43.4. The van der Waals surface area contributed by atoms with Crippen molar-refractivity contribution in [1.82, 2.24) is 4.90 Å². The first-order valence-electron chi connectivity index (χ1n) is 25.8. The highest BCUT2D eigenvalue weighted by molar-refractivity contribution is 6.11. The van der Waals surface area contributed by atoms with E-state index in [1.165, 1.54) is 31.4 Å². The third kappa shape index (κ3) is 8.87. The minimum atomic E-state index is -1.71. The third-order valence-electron chi connectivity index (χ3n) is 16.4. The minimum Gasteiger partial charge on any atom is -0.482 e. The molecule has 1 spiro atoms. The topological polar surface area (TPSA) is 217 Å². The first-order chi connectivity index (χ1) is 34.6. The molecule has 16 heteroatoms. The van der Waals surface area contributed by atoms with Gasteiger partial charge in [0.1, 0.15) is 52.8 Å². The van der Waals surface area contributed by atoms with Crippen molar-refractivity contribution >= 4 is 29.6 Å². The van der Waals surface area contributed by atoms with Crippen LogP contribution in [-0.4, -0.2) is 135 Å². The van der Waals surface area contributed by atoms with Gasteiger partial charge in [0.05, 0.1) is 36.4 Å². The number of nitrogens with zero attached hydrogens (tertiary/aromatic N) is 1. The monoisotopic (exact) mass is 1010 g/mol. The van der Waals surface area contributed by atoms with E-state index >= 15 is 9.59 Å². The van der Waals surface area contributed by atoms with E-state index in [2.05, 4.69) is 11.0 Å². The molecule has 2 aromatic rings. The predicted molar refractivity (Wildman–Crippen MR) is 267 cm³/mol. The van der Waals surface area contributed by atoms with Crippen LogP contribution in [0.5, 0.6) is 23.0 Å². The number of ether oxygens (including phenoxy) is 7. The van der Waals surface area contributed by atoms with Gasteiger partial charge in [0.2, 0.25) is 6.29 Å². The molecule has 5 aliphatic heterocycles. The Labute approximate surface area is 426 Å². The fourth-order valence-electron chi connectivity index (χ4n) is 12.8. The van der Waals surface area contributed by atoms with Gasteiger partial charge in [0.15, 0.2) is 28.5 Å². The molecule has 12 atom stereocenters. The number of methoxy groups -OCH3 is 1. The summed E-state index contributed by atoms with van der Waals surface area (Å²) in [7, 11) is 1.30. The smallest absolute Gasteiger partial charge is 0.343 e. The van der Waals surface area contributed by atoms with Crippen LogP contribution in [0, 0.1) is 17.8 Å². The number of rotatable bonds is 14. The van der Waals surface area contributed by atoms with Crippen molar-refractivity contribution in [3.05, 3.63) is 87.5 Å². The first-order valence-corrected chi connectivity index (χ1v) is 25.8. The fourth-order valence-corrected chi connectivity index (χ4v) is 12.8. The average molecular weight is 1010 g/mol. The molecular weight excluding hydrogens is 939 g/mol. The summed E-state index contributed by atoms with van der Waals surface area (Å²) in [5.41, 5.74) is -1.57. The molecule has 0 amide bonds. The molecule has 2 aromatic carbocycles. The van der Waals surface area contributed by atoms with Gasteiger partial charge in [-0.1, -0.05) is 35.8 Å². The fraction of sp³-hybridized carbons (Fsp3) is 0.579. The molecular formula is C57H71NO15. The van der Waals surface area contributed by atoms with Gasteiger partial charge < -0.3 is 53.6 Å². The Balaban J connectivity index is 1.22. The van der Waals surface area contributed by atoms with Crippen molar-refractivity contribution in [2.75, 3.05) is 26.8 Å².